The third-order valence-corrected chi connectivity index (χ3v) is 2.81. The highest BCUT2D eigenvalue weighted by molar-refractivity contribution is 5.92. The summed E-state index contributed by atoms with van der Waals surface area (Å²) in [7, 11) is 1.72. The third-order valence-electron chi connectivity index (χ3n) is 2.81. The molecule has 1 atom stereocenters. The van der Waals surface area contributed by atoms with Gasteiger partial charge in [-0.3, -0.25) is 9.59 Å². The number of nitrogens with zero attached hydrogens (tertiary/aromatic N) is 2. The van der Waals surface area contributed by atoms with Gasteiger partial charge in [0.15, 0.2) is 5.69 Å². The molecule has 0 saturated carbocycles. The van der Waals surface area contributed by atoms with Gasteiger partial charge in [0.2, 0.25) is 5.91 Å². The molecule has 0 aliphatic rings. The maximum Gasteiger partial charge on any atom is 0.271 e. The van der Waals surface area contributed by atoms with Crippen LogP contribution in [0, 0.1) is 0 Å². The average Bonchev–Trinajstić information content (AvgIpc) is 2.47. The van der Waals surface area contributed by atoms with Gasteiger partial charge in [-0.25, -0.2) is 0 Å². The Morgan fingerprint density at radius 1 is 1.30 bits per heavy atom. The van der Waals surface area contributed by atoms with Gasteiger partial charge < -0.3 is 16.0 Å². The van der Waals surface area contributed by atoms with E-state index >= 15 is 0 Å². The monoisotopic (exact) mass is 279 g/mol. The van der Waals surface area contributed by atoms with Gasteiger partial charge in [-0.05, 0) is 25.5 Å². The van der Waals surface area contributed by atoms with Crippen molar-refractivity contribution in [2.24, 2.45) is 0 Å². The summed E-state index contributed by atoms with van der Waals surface area (Å²) < 4.78 is 0. The number of amides is 2. The van der Waals surface area contributed by atoms with E-state index in [1.807, 2.05) is 13.8 Å². The zero-order valence-corrected chi connectivity index (χ0v) is 12.1. The number of nitrogens with one attached hydrogen (secondary N) is 3. The number of carbonyl (C=O) groups is 2. The molecule has 1 unspecified atom stereocenters. The van der Waals surface area contributed by atoms with Crippen molar-refractivity contribution in [1.29, 1.82) is 0 Å². The first-order valence-electron chi connectivity index (χ1n) is 6.65. The van der Waals surface area contributed by atoms with Crippen LogP contribution in [-0.2, 0) is 4.79 Å². The Bertz CT molecular complexity index is 447. The SMILES string of the molecule is CCC(C)NC(=O)CCNC(=O)c1ccc(NC)nn1. The van der Waals surface area contributed by atoms with Gasteiger partial charge in [-0.15, -0.1) is 10.2 Å². The summed E-state index contributed by atoms with van der Waals surface area (Å²) in [4.78, 5) is 23.3. The highest BCUT2D eigenvalue weighted by atomic mass is 16.2. The summed E-state index contributed by atoms with van der Waals surface area (Å²) in [6.07, 6.45) is 1.13. The minimum atomic E-state index is -0.337. The molecule has 1 heterocycles. The molecule has 0 aromatic carbocycles. The van der Waals surface area contributed by atoms with Gasteiger partial charge in [-0.2, -0.15) is 0 Å². The van der Waals surface area contributed by atoms with Gasteiger partial charge in [0, 0.05) is 26.1 Å². The summed E-state index contributed by atoms with van der Waals surface area (Å²) in [5, 5.41) is 15.9. The van der Waals surface area contributed by atoms with Crippen molar-refractivity contribution in [3.8, 4) is 0 Å². The van der Waals surface area contributed by atoms with E-state index in [4.69, 9.17) is 0 Å². The lowest BCUT2D eigenvalue weighted by molar-refractivity contribution is -0.121. The van der Waals surface area contributed by atoms with Crippen molar-refractivity contribution < 1.29 is 9.59 Å². The second kappa shape index (κ2) is 8.08. The normalized spacial score (nSPS) is 11.6. The van der Waals surface area contributed by atoms with Crippen LogP contribution in [0.2, 0.25) is 0 Å². The Morgan fingerprint density at radius 2 is 2.05 bits per heavy atom. The lowest BCUT2D eigenvalue weighted by atomic mass is 10.2. The molecule has 1 rings (SSSR count). The molecule has 3 N–H and O–H groups in total. The summed E-state index contributed by atoms with van der Waals surface area (Å²) in [5.74, 6) is 0.183. The van der Waals surface area contributed by atoms with Gasteiger partial charge >= 0.3 is 0 Å². The van der Waals surface area contributed by atoms with Crippen molar-refractivity contribution in [3.05, 3.63) is 17.8 Å². The van der Waals surface area contributed by atoms with Gasteiger partial charge in [0.1, 0.15) is 5.82 Å². The second-order valence-electron chi connectivity index (χ2n) is 4.44. The Kier molecular flexibility index (Phi) is 6.42. The molecule has 0 aliphatic carbocycles. The van der Waals surface area contributed by atoms with Crippen molar-refractivity contribution in [2.45, 2.75) is 32.7 Å². The maximum atomic E-state index is 11.7. The minimum absolute atomic E-state index is 0.0729. The fourth-order valence-corrected chi connectivity index (χ4v) is 1.42. The molecule has 0 spiro atoms. The van der Waals surface area contributed by atoms with E-state index in [1.165, 1.54) is 0 Å². The van der Waals surface area contributed by atoms with E-state index in [0.29, 0.717) is 5.82 Å². The molecular weight excluding hydrogens is 258 g/mol. The van der Waals surface area contributed by atoms with Crippen LogP contribution in [0.15, 0.2) is 12.1 Å². The molecule has 0 saturated heterocycles. The Labute approximate surface area is 118 Å². The molecule has 7 nitrogen and oxygen atoms in total. The van der Waals surface area contributed by atoms with E-state index in [1.54, 1.807) is 19.2 Å². The quantitative estimate of drug-likeness (QED) is 0.677. The number of carbonyl (C=O) groups excluding carboxylic acids is 2. The van der Waals surface area contributed by atoms with Crippen LogP contribution in [0.5, 0.6) is 0 Å². The molecule has 110 valence electrons. The fraction of sp³-hybridized carbons (Fsp3) is 0.538. The van der Waals surface area contributed by atoms with Crippen molar-refractivity contribution in [1.82, 2.24) is 20.8 Å². The van der Waals surface area contributed by atoms with E-state index in [2.05, 4.69) is 26.1 Å². The van der Waals surface area contributed by atoms with Crippen molar-refractivity contribution in [2.75, 3.05) is 18.9 Å². The highest BCUT2D eigenvalue weighted by Gasteiger charge is 2.09. The third kappa shape index (κ3) is 5.21. The number of aromatic nitrogens is 2. The molecule has 20 heavy (non-hydrogen) atoms. The number of hydrogen-bond donors (Lipinski definition) is 3. The predicted molar refractivity (Wildman–Crippen MR) is 76.4 cm³/mol. The largest absolute Gasteiger partial charge is 0.372 e. The van der Waals surface area contributed by atoms with E-state index in [-0.39, 0.29) is 36.5 Å². The predicted octanol–water partition coefficient (Wildman–Crippen LogP) is 0.553. The molecule has 0 fully saturated rings. The van der Waals surface area contributed by atoms with E-state index in [0.717, 1.165) is 6.42 Å². The van der Waals surface area contributed by atoms with E-state index in [9.17, 15) is 9.59 Å². The molecular formula is C13H21N5O2. The Hall–Kier alpha value is -2.18. The topological polar surface area (TPSA) is 96.0 Å². The number of hydrogen-bond acceptors (Lipinski definition) is 5. The van der Waals surface area contributed by atoms with Crippen LogP contribution in [0.1, 0.15) is 37.2 Å². The molecule has 7 heteroatoms. The first-order chi connectivity index (χ1) is 9.56. The zero-order valence-electron chi connectivity index (χ0n) is 12.1. The molecule has 2 amide bonds. The minimum Gasteiger partial charge on any atom is -0.372 e. The second-order valence-corrected chi connectivity index (χ2v) is 4.44. The van der Waals surface area contributed by atoms with E-state index < -0.39 is 0 Å². The smallest absolute Gasteiger partial charge is 0.271 e. The molecule has 0 bridgehead atoms. The van der Waals surface area contributed by atoms with Gasteiger partial charge in [0.25, 0.3) is 5.91 Å². The number of anilines is 1. The first kappa shape index (κ1) is 15.9. The van der Waals surface area contributed by atoms with Crippen molar-refractivity contribution >= 4 is 17.6 Å². The lowest BCUT2D eigenvalue weighted by Gasteiger charge is -2.11. The zero-order chi connectivity index (χ0) is 15.0. The Balaban J connectivity index is 2.34. The summed E-state index contributed by atoms with van der Waals surface area (Å²) >= 11 is 0. The molecule has 0 aliphatic heterocycles. The standard InChI is InChI=1S/C13H21N5O2/c1-4-9(2)16-12(19)7-8-15-13(20)10-5-6-11(14-3)18-17-10/h5-6,9H,4,7-8H2,1-3H3,(H,14,18)(H,15,20)(H,16,19). The number of rotatable bonds is 7. The average molecular weight is 279 g/mol. The van der Waals surface area contributed by atoms with Crippen LogP contribution < -0.4 is 16.0 Å². The Morgan fingerprint density at radius 3 is 2.60 bits per heavy atom. The molecule has 0 radical (unpaired) electrons. The van der Waals surface area contributed by atoms with Crippen molar-refractivity contribution in [3.63, 3.8) is 0 Å². The van der Waals surface area contributed by atoms with Crippen LogP contribution >= 0.6 is 0 Å². The first-order valence-corrected chi connectivity index (χ1v) is 6.65. The van der Waals surface area contributed by atoms with Crippen LogP contribution in [-0.4, -0.2) is 41.6 Å². The van der Waals surface area contributed by atoms with Crippen LogP contribution in [0.3, 0.4) is 0 Å². The summed E-state index contributed by atoms with van der Waals surface area (Å²) in [5.41, 5.74) is 0.228. The highest BCUT2D eigenvalue weighted by Crippen LogP contribution is 2.00. The molecule has 1 aromatic rings. The van der Waals surface area contributed by atoms with Crippen LogP contribution in [0.4, 0.5) is 5.82 Å². The van der Waals surface area contributed by atoms with Gasteiger partial charge in [0.05, 0.1) is 0 Å². The maximum absolute atomic E-state index is 11.7. The molecule has 1 aromatic heterocycles. The van der Waals surface area contributed by atoms with Crippen LogP contribution in [0.25, 0.3) is 0 Å². The summed E-state index contributed by atoms with van der Waals surface area (Å²) in [6.45, 7) is 4.21. The fourth-order valence-electron chi connectivity index (χ4n) is 1.42. The lowest BCUT2D eigenvalue weighted by Crippen LogP contribution is -2.35. The van der Waals surface area contributed by atoms with Gasteiger partial charge in [-0.1, -0.05) is 6.92 Å². The summed E-state index contributed by atoms with van der Waals surface area (Å²) in [6, 6.07) is 3.39.